The lowest BCUT2D eigenvalue weighted by atomic mass is 10.1. The molecule has 4 heteroatoms. The van der Waals surface area contributed by atoms with Gasteiger partial charge in [-0.3, -0.25) is 9.78 Å². The molecule has 1 heterocycles. The van der Waals surface area contributed by atoms with E-state index in [0.717, 1.165) is 22.5 Å². The Morgan fingerprint density at radius 3 is 2.42 bits per heavy atom. The zero-order valence-electron chi connectivity index (χ0n) is 15.3. The Labute approximate surface area is 154 Å². The molecular formula is C22H23N3O. The minimum atomic E-state index is -0.136. The van der Waals surface area contributed by atoms with Gasteiger partial charge in [0.2, 0.25) is 0 Å². The molecule has 0 aliphatic carbocycles. The predicted molar refractivity (Wildman–Crippen MR) is 106 cm³/mol. The smallest absolute Gasteiger partial charge is 0.253 e. The molecule has 0 saturated carbocycles. The molecule has 0 saturated heterocycles. The van der Waals surface area contributed by atoms with Crippen LogP contribution in [0, 0.1) is 20.8 Å². The quantitative estimate of drug-likeness (QED) is 0.706. The average molecular weight is 345 g/mol. The molecule has 3 aromatic rings. The third-order valence-corrected chi connectivity index (χ3v) is 4.25. The van der Waals surface area contributed by atoms with Gasteiger partial charge in [0.05, 0.1) is 17.4 Å². The van der Waals surface area contributed by atoms with Crippen molar-refractivity contribution in [2.75, 3.05) is 5.32 Å². The normalized spacial score (nSPS) is 10.4. The van der Waals surface area contributed by atoms with Gasteiger partial charge in [0, 0.05) is 18.4 Å². The van der Waals surface area contributed by atoms with E-state index < -0.39 is 0 Å². The number of benzene rings is 2. The number of pyridine rings is 1. The van der Waals surface area contributed by atoms with Crippen molar-refractivity contribution in [3.05, 3.63) is 88.7 Å². The second-order valence-corrected chi connectivity index (χ2v) is 6.57. The molecule has 2 aromatic carbocycles. The Bertz CT molecular complexity index is 917. The van der Waals surface area contributed by atoms with E-state index in [1.807, 2.05) is 44.2 Å². The van der Waals surface area contributed by atoms with Gasteiger partial charge in [0.15, 0.2) is 0 Å². The molecule has 132 valence electrons. The number of carbonyl (C=O) groups excluding carboxylic acids is 1. The topological polar surface area (TPSA) is 54.0 Å². The summed E-state index contributed by atoms with van der Waals surface area (Å²) in [6, 6.07) is 16.2. The third kappa shape index (κ3) is 4.48. The zero-order valence-corrected chi connectivity index (χ0v) is 15.3. The number of amides is 1. The van der Waals surface area contributed by atoms with Gasteiger partial charge in [-0.1, -0.05) is 42.0 Å². The molecule has 4 nitrogen and oxygen atoms in total. The third-order valence-electron chi connectivity index (χ3n) is 4.25. The summed E-state index contributed by atoms with van der Waals surface area (Å²) in [5, 5.41) is 6.29. The number of anilines is 2. The van der Waals surface area contributed by atoms with E-state index in [9.17, 15) is 4.79 Å². The van der Waals surface area contributed by atoms with Gasteiger partial charge in [-0.25, -0.2) is 0 Å². The van der Waals surface area contributed by atoms with Crippen LogP contribution in [0.5, 0.6) is 0 Å². The maximum atomic E-state index is 12.4. The first-order valence-corrected chi connectivity index (χ1v) is 8.64. The highest BCUT2D eigenvalue weighted by atomic mass is 16.1. The molecule has 0 atom stereocenters. The van der Waals surface area contributed by atoms with Gasteiger partial charge >= 0.3 is 0 Å². The molecule has 0 unspecified atom stereocenters. The molecule has 1 aromatic heterocycles. The van der Waals surface area contributed by atoms with Crippen LogP contribution in [-0.4, -0.2) is 10.9 Å². The molecule has 26 heavy (non-hydrogen) atoms. The summed E-state index contributed by atoms with van der Waals surface area (Å²) < 4.78 is 0. The number of aryl methyl sites for hydroxylation is 3. The van der Waals surface area contributed by atoms with Crippen LogP contribution in [0.15, 0.2) is 60.9 Å². The maximum absolute atomic E-state index is 12.4. The summed E-state index contributed by atoms with van der Waals surface area (Å²) in [5.41, 5.74) is 6.94. The SMILES string of the molecule is Cc1ccc(CNC(=O)c2cncc(Nc3cc(C)ccc3C)c2)cc1. The van der Waals surface area contributed by atoms with Gasteiger partial charge in [0.25, 0.3) is 5.91 Å². The lowest BCUT2D eigenvalue weighted by molar-refractivity contribution is 0.0950. The van der Waals surface area contributed by atoms with Crippen molar-refractivity contribution in [3.63, 3.8) is 0 Å². The van der Waals surface area contributed by atoms with E-state index in [-0.39, 0.29) is 5.91 Å². The molecule has 3 rings (SSSR count). The largest absolute Gasteiger partial charge is 0.354 e. The molecule has 0 aliphatic heterocycles. The van der Waals surface area contributed by atoms with Crippen LogP contribution in [0.1, 0.15) is 32.6 Å². The summed E-state index contributed by atoms with van der Waals surface area (Å²) in [5.74, 6) is -0.136. The lowest BCUT2D eigenvalue weighted by Crippen LogP contribution is -2.23. The van der Waals surface area contributed by atoms with Gasteiger partial charge in [-0.2, -0.15) is 0 Å². The first kappa shape index (κ1) is 17.7. The number of nitrogens with one attached hydrogen (secondary N) is 2. The highest BCUT2D eigenvalue weighted by Gasteiger charge is 2.08. The van der Waals surface area contributed by atoms with Crippen LogP contribution < -0.4 is 10.6 Å². The van der Waals surface area contributed by atoms with Crippen molar-refractivity contribution in [1.29, 1.82) is 0 Å². The number of hydrogen-bond donors (Lipinski definition) is 2. The molecule has 0 bridgehead atoms. The summed E-state index contributed by atoms with van der Waals surface area (Å²) in [6.45, 7) is 6.64. The predicted octanol–water partition coefficient (Wildman–Crippen LogP) is 4.68. The van der Waals surface area contributed by atoms with Crippen molar-refractivity contribution in [2.24, 2.45) is 0 Å². The Hall–Kier alpha value is -3.14. The van der Waals surface area contributed by atoms with Crippen LogP contribution in [0.2, 0.25) is 0 Å². The Morgan fingerprint density at radius 2 is 1.65 bits per heavy atom. The van der Waals surface area contributed by atoms with E-state index in [2.05, 4.69) is 40.7 Å². The molecule has 0 fully saturated rings. The number of hydrogen-bond acceptors (Lipinski definition) is 3. The van der Waals surface area contributed by atoms with Gasteiger partial charge in [-0.15, -0.1) is 0 Å². The summed E-state index contributed by atoms with van der Waals surface area (Å²) in [7, 11) is 0. The fourth-order valence-corrected chi connectivity index (χ4v) is 2.65. The van der Waals surface area contributed by atoms with Crippen molar-refractivity contribution in [2.45, 2.75) is 27.3 Å². The first-order valence-electron chi connectivity index (χ1n) is 8.64. The molecular weight excluding hydrogens is 322 g/mol. The Kier molecular flexibility index (Phi) is 5.32. The van der Waals surface area contributed by atoms with E-state index in [0.29, 0.717) is 12.1 Å². The fraction of sp³-hybridized carbons (Fsp3) is 0.182. The van der Waals surface area contributed by atoms with Gasteiger partial charge in [-0.05, 0) is 49.6 Å². The molecule has 0 radical (unpaired) electrons. The van der Waals surface area contributed by atoms with Crippen molar-refractivity contribution >= 4 is 17.3 Å². The van der Waals surface area contributed by atoms with Crippen molar-refractivity contribution < 1.29 is 4.79 Å². The van der Waals surface area contributed by atoms with Crippen LogP contribution in [-0.2, 0) is 6.54 Å². The number of carbonyl (C=O) groups is 1. The standard InChI is InChI=1S/C22H23N3O/c1-15-5-8-18(9-6-15)12-24-22(26)19-11-20(14-23-13-19)25-21-10-16(2)4-7-17(21)3/h4-11,13-14,25H,12H2,1-3H3,(H,24,26). The monoisotopic (exact) mass is 345 g/mol. The fourth-order valence-electron chi connectivity index (χ4n) is 2.65. The summed E-state index contributed by atoms with van der Waals surface area (Å²) in [6.07, 6.45) is 3.30. The number of nitrogens with zero attached hydrogens (tertiary/aromatic N) is 1. The Morgan fingerprint density at radius 1 is 0.923 bits per heavy atom. The highest BCUT2D eigenvalue weighted by Crippen LogP contribution is 2.21. The van der Waals surface area contributed by atoms with E-state index in [4.69, 9.17) is 0 Å². The summed E-state index contributed by atoms with van der Waals surface area (Å²) in [4.78, 5) is 16.6. The van der Waals surface area contributed by atoms with Crippen LogP contribution in [0.4, 0.5) is 11.4 Å². The summed E-state index contributed by atoms with van der Waals surface area (Å²) >= 11 is 0. The maximum Gasteiger partial charge on any atom is 0.253 e. The van der Waals surface area contributed by atoms with Gasteiger partial charge < -0.3 is 10.6 Å². The Balaban J connectivity index is 1.69. The van der Waals surface area contributed by atoms with Gasteiger partial charge in [0.1, 0.15) is 0 Å². The second-order valence-electron chi connectivity index (χ2n) is 6.57. The molecule has 0 spiro atoms. The highest BCUT2D eigenvalue weighted by molar-refractivity contribution is 5.94. The van der Waals surface area contributed by atoms with Crippen molar-refractivity contribution in [1.82, 2.24) is 10.3 Å². The minimum Gasteiger partial charge on any atom is -0.354 e. The van der Waals surface area contributed by atoms with E-state index >= 15 is 0 Å². The molecule has 0 aliphatic rings. The first-order chi connectivity index (χ1) is 12.5. The molecule has 1 amide bonds. The zero-order chi connectivity index (χ0) is 18.5. The number of aromatic nitrogens is 1. The van der Waals surface area contributed by atoms with Crippen molar-refractivity contribution in [3.8, 4) is 0 Å². The van der Waals surface area contributed by atoms with E-state index in [1.54, 1.807) is 12.4 Å². The average Bonchev–Trinajstić information content (AvgIpc) is 2.64. The molecule has 2 N–H and O–H groups in total. The second kappa shape index (κ2) is 7.83. The van der Waals surface area contributed by atoms with Crippen LogP contribution >= 0.6 is 0 Å². The lowest BCUT2D eigenvalue weighted by Gasteiger charge is -2.11. The minimum absolute atomic E-state index is 0.136. The van der Waals surface area contributed by atoms with Crippen LogP contribution in [0.3, 0.4) is 0 Å². The number of rotatable bonds is 5. The van der Waals surface area contributed by atoms with Crippen LogP contribution in [0.25, 0.3) is 0 Å². The van der Waals surface area contributed by atoms with E-state index in [1.165, 1.54) is 11.1 Å².